The highest BCUT2D eigenvalue weighted by Crippen LogP contribution is 2.40. The second-order valence-electron chi connectivity index (χ2n) is 8.76. The van der Waals surface area contributed by atoms with Crippen LogP contribution in [0.5, 0.6) is 0 Å². The van der Waals surface area contributed by atoms with Crippen molar-refractivity contribution in [3.8, 4) is 22.3 Å². The highest BCUT2D eigenvalue weighted by molar-refractivity contribution is 7.26. The first-order chi connectivity index (χ1) is 19.9. The number of hydrogen-bond acceptors (Lipinski definition) is 2. The summed E-state index contributed by atoms with van der Waals surface area (Å²) in [5, 5.41) is 8.13. The fourth-order valence-electron chi connectivity index (χ4n) is 4.74. The largest absolute Gasteiger partial charge is 0.356 e. The zero-order valence-corrected chi connectivity index (χ0v) is 20.0. The first-order valence-corrected chi connectivity index (χ1v) is 12.6. The van der Waals surface area contributed by atoms with Gasteiger partial charge in [-0.3, -0.25) is 0 Å². The van der Waals surface area contributed by atoms with E-state index in [0.29, 0.717) is 5.69 Å². The molecular weight excluding hydrogens is 454 g/mol. The van der Waals surface area contributed by atoms with Gasteiger partial charge >= 0.3 is 0 Å². The van der Waals surface area contributed by atoms with E-state index >= 15 is 0 Å². The van der Waals surface area contributed by atoms with Crippen LogP contribution in [0.1, 0.15) is 6.85 Å². The lowest BCUT2D eigenvalue weighted by Crippen LogP contribution is -1.89. The van der Waals surface area contributed by atoms with E-state index < -0.39 is 6.04 Å². The molecule has 0 aliphatic heterocycles. The Hall–Kier alpha value is -4.40. The molecule has 1 nitrogen and oxygen atoms in total. The monoisotopic (exact) mass is 482 g/mol. The summed E-state index contributed by atoms with van der Waals surface area (Å²) in [6.07, 6.45) is 0. The van der Waals surface area contributed by atoms with Gasteiger partial charge in [0.05, 0.1) is 6.85 Å². The Morgan fingerprint density at radius 3 is 1.97 bits per heavy atom. The van der Waals surface area contributed by atoms with Crippen molar-refractivity contribution in [1.82, 2.24) is 0 Å². The summed E-state index contributed by atoms with van der Waals surface area (Å²) in [6, 6.07) is 34.2. The molecule has 0 aliphatic carbocycles. The van der Waals surface area contributed by atoms with Gasteiger partial charge in [0.25, 0.3) is 0 Å². The number of hydrogen-bond donors (Lipinski definition) is 1. The van der Waals surface area contributed by atoms with Gasteiger partial charge in [-0.25, -0.2) is 0 Å². The molecule has 6 aromatic carbocycles. The zero-order chi connectivity index (χ0) is 28.2. The summed E-state index contributed by atoms with van der Waals surface area (Å²) in [6.45, 7) is 0. The molecule has 1 heterocycles. The lowest BCUT2D eigenvalue weighted by Gasteiger charge is -2.09. The summed E-state index contributed by atoms with van der Waals surface area (Å²) in [4.78, 5) is 0. The van der Waals surface area contributed by atoms with Crippen LogP contribution in [0.15, 0.2) is 133 Å². The van der Waals surface area contributed by atoms with E-state index in [-0.39, 0.29) is 29.9 Å². The Balaban J connectivity index is 1.16. The topological polar surface area (TPSA) is 12.0 Å². The predicted molar refractivity (Wildman–Crippen MR) is 157 cm³/mol. The predicted octanol–water partition coefficient (Wildman–Crippen LogP) is 10.3. The zero-order valence-electron chi connectivity index (χ0n) is 24.2. The van der Waals surface area contributed by atoms with Crippen LogP contribution >= 0.6 is 11.3 Å². The molecule has 0 fully saturated rings. The van der Waals surface area contributed by atoms with Gasteiger partial charge in [0.2, 0.25) is 0 Å². The minimum absolute atomic E-state index is 0.0664. The third-order valence-electron chi connectivity index (χ3n) is 6.57. The fourth-order valence-corrected chi connectivity index (χ4v) is 5.96. The second kappa shape index (κ2) is 8.67. The van der Waals surface area contributed by atoms with Crippen molar-refractivity contribution in [3.63, 3.8) is 0 Å². The fraction of sp³-hybridized carbons (Fsp3) is 0. The molecule has 0 aliphatic rings. The number of benzene rings is 6. The van der Waals surface area contributed by atoms with Crippen molar-refractivity contribution < 1.29 is 6.85 Å². The van der Waals surface area contributed by atoms with E-state index in [0.717, 1.165) is 16.7 Å². The van der Waals surface area contributed by atoms with Crippen LogP contribution in [0.2, 0.25) is 0 Å². The van der Waals surface area contributed by atoms with Crippen LogP contribution in [0.3, 0.4) is 0 Å². The minimum atomic E-state index is -0.401. The van der Waals surface area contributed by atoms with Gasteiger partial charge in [0.15, 0.2) is 0 Å². The van der Waals surface area contributed by atoms with E-state index in [9.17, 15) is 0 Å². The van der Waals surface area contributed by atoms with Crippen LogP contribution in [0.25, 0.3) is 53.2 Å². The van der Waals surface area contributed by atoms with Crippen LogP contribution in [-0.2, 0) is 0 Å². The van der Waals surface area contributed by atoms with Gasteiger partial charge in [-0.2, -0.15) is 0 Å². The number of rotatable bonds is 4. The summed E-state index contributed by atoms with van der Waals surface area (Å²) in [5.41, 5.74) is 5.13. The highest BCUT2D eigenvalue weighted by atomic mass is 32.1. The van der Waals surface area contributed by atoms with E-state index in [1.54, 1.807) is 0 Å². The molecule has 7 aromatic rings. The molecular formula is C34H23NS. The maximum absolute atomic E-state index is 8.13. The van der Waals surface area contributed by atoms with E-state index in [1.807, 2.05) is 35.6 Å². The number of thiophene rings is 1. The maximum Gasteiger partial charge on any atom is 0.0645 e. The van der Waals surface area contributed by atoms with Gasteiger partial charge in [-0.1, -0.05) is 97.0 Å². The van der Waals surface area contributed by atoms with Crippen LogP contribution in [0, 0.1) is 0 Å². The summed E-state index contributed by atoms with van der Waals surface area (Å²) < 4.78 is 42.4. The molecule has 36 heavy (non-hydrogen) atoms. The average Bonchev–Trinajstić information content (AvgIpc) is 3.40. The van der Waals surface area contributed by atoms with Crippen molar-refractivity contribution in [2.45, 2.75) is 0 Å². The molecule has 0 unspecified atom stereocenters. The molecule has 0 saturated heterocycles. The first-order valence-electron chi connectivity index (χ1n) is 14.3. The van der Waals surface area contributed by atoms with Crippen LogP contribution in [-0.4, -0.2) is 0 Å². The van der Waals surface area contributed by atoms with E-state index in [4.69, 9.17) is 6.85 Å². The van der Waals surface area contributed by atoms with Crippen LogP contribution in [0.4, 0.5) is 11.4 Å². The Bertz CT molecular complexity index is 2090. The number of nitrogens with one attached hydrogen (secondary N) is 1. The molecule has 0 amide bonds. The average molecular weight is 483 g/mol. The van der Waals surface area contributed by atoms with Gasteiger partial charge in [-0.15, -0.1) is 11.3 Å². The molecule has 0 saturated carbocycles. The molecule has 170 valence electrons. The first kappa shape index (κ1) is 16.3. The Morgan fingerprint density at radius 2 is 1.19 bits per heavy atom. The minimum Gasteiger partial charge on any atom is -0.356 e. The van der Waals surface area contributed by atoms with Crippen molar-refractivity contribution in [1.29, 1.82) is 0 Å². The van der Waals surface area contributed by atoms with Crippen LogP contribution < -0.4 is 5.32 Å². The molecule has 0 radical (unpaired) electrons. The Morgan fingerprint density at radius 1 is 0.528 bits per heavy atom. The van der Waals surface area contributed by atoms with Gasteiger partial charge < -0.3 is 5.32 Å². The van der Waals surface area contributed by atoms with E-state index in [2.05, 4.69) is 84.2 Å². The number of fused-ring (bicyclic) bond motifs is 5. The number of para-hydroxylation sites is 1. The summed E-state index contributed by atoms with van der Waals surface area (Å²) in [7, 11) is 0. The molecule has 1 aromatic heterocycles. The standard InChI is InChI=1S/C34H23NS/c1-2-7-28(8-3-1)35-29-18-14-24(15-19-29)23-10-12-25(13-11-23)27-17-21-33-32(22-27)31-20-16-26-6-4-5-9-30(26)34(31)36-33/h1-22,35H/i1D,2D,3D,7D,8D. The summed E-state index contributed by atoms with van der Waals surface area (Å²) >= 11 is 1.85. The van der Waals surface area contributed by atoms with Crippen molar-refractivity contribution in [2.75, 3.05) is 5.32 Å². The third kappa shape index (κ3) is 3.73. The van der Waals surface area contributed by atoms with Gasteiger partial charge in [-0.05, 0) is 69.4 Å². The molecule has 0 spiro atoms. The smallest absolute Gasteiger partial charge is 0.0645 e. The maximum atomic E-state index is 8.13. The number of anilines is 2. The molecule has 0 atom stereocenters. The molecule has 0 bridgehead atoms. The van der Waals surface area contributed by atoms with Crippen molar-refractivity contribution in [2.24, 2.45) is 0 Å². The van der Waals surface area contributed by atoms with E-state index in [1.165, 1.54) is 36.5 Å². The SMILES string of the molecule is [2H]c1c([2H])c([2H])c(Nc2ccc(-c3ccc(-c4ccc5sc6c7ccccc7ccc6c5c4)cc3)cc2)c([2H])c1[2H]. The molecule has 1 N–H and O–H groups in total. The Kier molecular flexibility index (Phi) is 3.93. The lowest BCUT2D eigenvalue weighted by atomic mass is 9.98. The molecule has 2 heteroatoms. The molecule has 7 rings (SSSR count). The lowest BCUT2D eigenvalue weighted by molar-refractivity contribution is 1.54. The second-order valence-corrected chi connectivity index (χ2v) is 9.81. The Labute approximate surface area is 221 Å². The quantitative estimate of drug-likeness (QED) is 0.263. The van der Waals surface area contributed by atoms with Crippen molar-refractivity contribution >= 4 is 53.7 Å². The van der Waals surface area contributed by atoms with Gasteiger partial charge in [0.1, 0.15) is 0 Å². The van der Waals surface area contributed by atoms with Crippen molar-refractivity contribution in [3.05, 3.63) is 133 Å². The highest BCUT2D eigenvalue weighted by Gasteiger charge is 2.10. The summed E-state index contributed by atoms with van der Waals surface area (Å²) in [5.74, 6) is 0. The normalized spacial score (nSPS) is 13.3. The van der Waals surface area contributed by atoms with Gasteiger partial charge in [0, 0.05) is 31.5 Å². The third-order valence-corrected chi connectivity index (χ3v) is 7.79.